The van der Waals surface area contributed by atoms with Crippen molar-refractivity contribution in [2.75, 3.05) is 20.3 Å². The molecular weight excluding hydrogens is 338 g/mol. The molecule has 134 valence electrons. The number of carbonyl (C=O) groups is 1. The van der Waals surface area contributed by atoms with E-state index in [4.69, 9.17) is 4.74 Å². The summed E-state index contributed by atoms with van der Waals surface area (Å²) >= 11 is 1.35. The van der Waals surface area contributed by atoms with Gasteiger partial charge in [0.1, 0.15) is 0 Å². The maximum absolute atomic E-state index is 12.8. The molecular formula is C18H23N3O3S. The first-order chi connectivity index (χ1) is 12.1. The first kappa shape index (κ1) is 17.9. The topological polar surface area (TPSA) is 73.2 Å². The number of ether oxygens (including phenoxy) is 1. The summed E-state index contributed by atoms with van der Waals surface area (Å²) in [5.74, 6) is -0.0501. The SMILES string of the molecule is COCCCNC(=O)C(C)Sc1nc2ccccc2c(=O)n1C1CC1. The normalized spacial score (nSPS) is 15.3. The Morgan fingerprint density at radius 2 is 2.20 bits per heavy atom. The quantitative estimate of drug-likeness (QED) is 0.444. The molecule has 1 aliphatic rings. The lowest BCUT2D eigenvalue weighted by molar-refractivity contribution is -0.120. The number of aromatic nitrogens is 2. The van der Waals surface area contributed by atoms with Crippen LogP contribution in [-0.4, -0.2) is 41.0 Å². The van der Waals surface area contributed by atoms with Crippen LogP contribution in [0.3, 0.4) is 0 Å². The third kappa shape index (κ3) is 4.22. The van der Waals surface area contributed by atoms with Gasteiger partial charge in [-0.25, -0.2) is 4.98 Å². The monoisotopic (exact) mass is 361 g/mol. The van der Waals surface area contributed by atoms with E-state index < -0.39 is 0 Å². The Morgan fingerprint density at radius 1 is 1.44 bits per heavy atom. The van der Waals surface area contributed by atoms with Crippen LogP contribution >= 0.6 is 11.8 Å². The average molecular weight is 361 g/mol. The Hall–Kier alpha value is -1.86. The van der Waals surface area contributed by atoms with E-state index in [2.05, 4.69) is 10.3 Å². The van der Waals surface area contributed by atoms with E-state index in [0.717, 1.165) is 19.3 Å². The molecule has 1 unspecified atom stereocenters. The highest BCUT2D eigenvalue weighted by Gasteiger charge is 2.29. The van der Waals surface area contributed by atoms with Crippen molar-refractivity contribution in [1.82, 2.24) is 14.9 Å². The molecule has 7 heteroatoms. The largest absolute Gasteiger partial charge is 0.385 e. The highest BCUT2D eigenvalue weighted by atomic mass is 32.2. The molecule has 1 aromatic carbocycles. The molecule has 2 aromatic rings. The zero-order valence-corrected chi connectivity index (χ0v) is 15.3. The zero-order valence-electron chi connectivity index (χ0n) is 14.5. The van der Waals surface area contributed by atoms with E-state index in [1.54, 1.807) is 11.7 Å². The van der Waals surface area contributed by atoms with Crippen molar-refractivity contribution in [3.8, 4) is 0 Å². The second-order valence-corrected chi connectivity index (χ2v) is 7.52. The van der Waals surface area contributed by atoms with Crippen LogP contribution in [0.25, 0.3) is 10.9 Å². The van der Waals surface area contributed by atoms with Gasteiger partial charge in [0, 0.05) is 26.3 Å². The van der Waals surface area contributed by atoms with Crippen LogP contribution in [0.4, 0.5) is 0 Å². The smallest absolute Gasteiger partial charge is 0.262 e. The predicted octanol–water partition coefficient (Wildman–Crippen LogP) is 2.36. The highest BCUT2D eigenvalue weighted by Crippen LogP contribution is 2.37. The lowest BCUT2D eigenvalue weighted by Gasteiger charge is -2.16. The Labute approximate surface area is 151 Å². The molecule has 1 atom stereocenters. The summed E-state index contributed by atoms with van der Waals surface area (Å²) in [5, 5.41) is 3.84. The Balaban J connectivity index is 1.79. The lowest BCUT2D eigenvalue weighted by Crippen LogP contribution is -2.33. The summed E-state index contributed by atoms with van der Waals surface area (Å²) < 4.78 is 6.74. The van der Waals surface area contributed by atoms with E-state index in [-0.39, 0.29) is 22.8 Å². The molecule has 1 heterocycles. The van der Waals surface area contributed by atoms with Gasteiger partial charge in [-0.2, -0.15) is 0 Å². The fourth-order valence-corrected chi connectivity index (χ4v) is 3.65. The van der Waals surface area contributed by atoms with Crippen molar-refractivity contribution < 1.29 is 9.53 Å². The maximum Gasteiger partial charge on any atom is 0.262 e. The number of hydrogen-bond acceptors (Lipinski definition) is 5. The number of thioether (sulfide) groups is 1. The van der Waals surface area contributed by atoms with Crippen molar-refractivity contribution in [3.63, 3.8) is 0 Å². The molecule has 25 heavy (non-hydrogen) atoms. The molecule has 0 bridgehead atoms. The van der Waals surface area contributed by atoms with Crippen LogP contribution in [-0.2, 0) is 9.53 Å². The predicted molar refractivity (Wildman–Crippen MR) is 99.1 cm³/mol. The van der Waals surface area contributed by atoms with E-state index in [1.807, 2.05) is 31.2 Å². The molecule has 3 rings (SSSR count). The number of carbonyl (C=O) groups excluding carboxylic acids is 1. The van der Waals surface area contributed by atoms with E-state index in [0.29, 0.717) is 29.2 Å². The van der Waals surface area contributed by atoms with Crippen molar-refractivity contribution in [1.29, 1.82) is 0 Å². The number of methoxy groups -OCH3 is 1. The zero-order chi connectivity index (χ0) is 17.8. The van der Waals surface area contributed by atoms with Gasteiger partial charge in [0.05, 0.1) is 16.2 Å². The number of fused-ring (bicyclic) bond motifs is 1. The molecule has 1 N–H and O–H groups in total. The molecule has 0 radical (unpaired) electrons. The second-order valence-electron chi connectivity index (χ2n) is 6.22. The number of amides is 1. The van der Waals surface area contributed by atoms with Gasteiger partial charge >= 0.3 is 0 Å². The summed E-state index contributed by atoms with van der Waals surface area (Å²) in [5.41, 5.74) is 0.669. The third-order valence-electron chi connectivity index (χ3n) is 4.16. The van der Waals surface area contributed by atoms with Crippen molar-refractivity contribution in [2.24, 2.45) is 0 Å². The second kappa shape index (κ2) is 8.01. The molecule has 1 aliphatic carbocycles. The third-order valence-corrected chi connectivity index (χ3v) is 5.23. The molecule has 1 aromatic heterocycles. The van der Waals surface area contributed by atoms with E-state index in [1.165, 1.54) is 11.8 Å². The van der Waals surface area contributed by atoms with Crippen molar-refractivity contribution in [3.05, 3.63) is 34.6 Å². The fraction of sp³-hybridized carbons (Fsp3) is 0.500. The minimum Gasteiger partial charge on any atom is -0.385 e. The average Bonchev–Trinajstić information content (AvgIpc) is 3.43. The van der Waals surface area contributed by atoms with Gasteiger partial charge in [-0.05, 0) is 38.3 Å². The fourth-order valence-electron chi connectivity index (χ4n) is 2.65. The minimum atomic E-state index is -0.319. The summed E-state index contributed by atoms with van der Waals surface area (Å²) in [6.45, 7) is 3.04. The lowest BCUT2D eigenvalue weighted by atomic mass is 10.2. The molecule has 0 saturated heterocycles. The van der Waals surface area contributed by atoms with Crippen LogP contribution in [0.1, 0.15) is 32.2 Å². The number of nitrogens with one attached hydrogen (secondary N) is 1. The summed E-state index contributed by atoms with van der Waals surface area (Å²) in [4.78, 5) is 29.7. The molecule has 0 aliphatic heterocycles. The van der Waals surface area contributed by atoms with E-state index >= 15 is 0 Å². The Kier molecular flexibility index (Phi) is 5.75. The first-order valence-corrected chi connectivity index (χ1v) is 9.44. The standard InChI is InChI=1S/C18H23N3O3S/c1-12(16(22)19-10-5-11-24-2)25-18-20-15-7-4-3-6-14(15)17(23)21(18)13-8-9-13/h3-4,6-7,12-13H,5,8-11H2,1-2H3,(H,19,22). The van der Waals surface area contributed by atoms with Crippen LogP contribution in [0.15, 0.2) is 34.2 Å². The summed E-state index contributed by atoms with van der Waals surface area (Å²) in [6.07, 6.45) is 2.76. The van der Waals surface area contributed by atoms with Crippen LogP contribution < -0.4 is 10.9 Å². The van der Waals surface area contributed by atoms with E-state index in [9.17, 15) is 9.59 Å². The number of benzene rings is 1. The molecule has 0 spiro atoms. The van der Waals surface area contributed by atoms with Crippen LogP contribution in [0.5, 0.6) is 0 Å². The van der Waals surface area contributed by atoms with Gasteiger partial charge in [0.2, 0.25) is 5.91 Å². The Bertz CT molecular complexity index is 817. The molecule has 1 fully saturated rings. The van der Waals surface area contributed by atoms with Gasteiger partial charge in [0.25, 0.3) is 5.56 Å². The van der Waals surface area contributed by atoms with Gasteiger partial charge in [-0.15, -0.1) is 0 Å². The van der Waals surface area contributed by atoms with Gasteiger partial charge in [0.15, 0.2) is 5.16 Å². The first-order valence-electron chi connectivity index (χ1n) is 8.56. The Morgan fingerprint density at radius 3 is 2.92 bits per heavy atom. The van der Waals surface area contributed by atoms with Crippen molar-refractivity contribution in [2.45, 2.75) is 42.6 Å². The van der Waals surface area contributed by atoms with Crippen LogP contribution in [0, 0.1) is 0 Å². The number of para-hydroxylation sites is 1. The van der Waals surface area contributed by atoms with Crippen LogP contribution in [0.2, 0.25) is 0 Å². The van der Waals surface area contributed by atoms with Gasteiger partial charge < -0.3 is 10.1 Å². The maximum atomic E-state index is 12.8. The van der Waals surface area contributed by atoms with Gasteiger partial charge in [-0.3, -0.25) is 14.2 Å². The number of nitrogens with zero attached hydrogens (tertiary/aromatic N) is 2. The highest BCUT2D eigenvalue weighted by molar-refractivity contribution is 8.00. The molecule has 1 saturated carbocycles. The number of hydrogen-bond donors (Lipinski definition) is 1. The van der Waals surface area contributed by atoms with Crippen molar-refractivity contribution >= 4 is 28.6 Å². The molecule has 1 amide bonds. The van der Waals surface area contributed by atoms with Gasteiger partial charge in [-0.1, -0.05) is 23.9 Å². The summed E-state index contributed by atoms with van der Waals surface area (Å²) in [6, 6.07) is 7.59. The molecule has 6 nitrogen and oxygen atoms in total. The minimum absolute atomic E-state index is 0.0108. The number of rotatable bonds is 8. The summed E-state index contributed by atoms with van der Waals surface area (Å²) in [7, 11) is 1.64.